The quantitative estimate of drug-likeness (QED) is 0.418. The zero-order chi connectivity index (χ0) is 21.3. The van der Waals surface area contributed by atoms with E-state index in [0.717, 1.165) is 65.1 Å². The van der Waals surface area contributed by atoms with Crippen molar-refractivity contribution in [3.63, 3.8) is 0 Å². The minimum absolute atomic E-state index is 0.0563. The molecule has 0 bridgehead atoms. The topological polar surface area (TPSA) is 89.5 Å². The molecule has 2 rings (SSSR count). The maximum Gasteiger partial charge on any atom is 0.243 e. The first kappa shape index (κ1) is 23.4. The fourth-order valence-electron chi connectivity index (χ4n) is 3.86. The Morgan fingerprint density at radius 1 is 1.03 bits per heavy atom. The van der Waals surface area contributed by atoms with Gasteiger partial charge in [-0.05, 0) is 12.8 Å². The summed E-state index contributed by atoms with van der Waals surface area (Å²) in [4.78, 5) is 34.8. The predicted molar refractivity (Wildman–Crippen MR) is 114 cm³/mol. The molecule has 9 nitrogen and oxygen atoms in total. The van der Waals surface area contributed by atoms with Gasteiger partial charge in [0, 0.05) is 60.9 Å². The van der Waals surface area contributed by atoms with Crippen LogP contribution in [0, 0.1) is 5.41 Å². The maximum absolute atomic E-state index is 12.8. The lowest BCUT2D eigenvalue weighted by Gasteiger charge is -2.31. The van der Waals surface area contributed by atoms with E-state index in [1.165, 1.54) is 4.90 Å². The summed E-state index contributed by atoms with van der Waals surface area (Å²) >= 11 is 0. The molecule has 29 heavy (non-hydrogen) atoms. The molecular formula is C20H38N6O3. The van der Waals surface area contributed by atoms with Gasteiger partial charge in [0.2, 0.25) is 11.8 Å². The minimum Gasteiger partial charge on any atom is -0.379 e. The molecule has 1 saturated carbocycles. The summed E-state index contributed by atoms with van der Waals surface area (Å²) in [6, 6.07) is 0. The van der Waals surface area contributed by atoms with Crippen molar-refractivity contribution in [1.82, 2.24) is 25.3 Å². The number of likely N-dealkylation sites (N-methyl/N-ethyl adjacent to an activating group) is 1. The van der Waals surface area contributed by atoms with Crippen molar-refractivity contribution in [2.24, 2.45) is 10.4 Å². The number of guanidine groups is 1. The van der Waals surface area contributed by atoms with E-state index in [9.17, 15) is 9.59 Å². The highest BCUT2D eigenvalue weighted by molar-refractivity contribution is 5.86. The molecule has 0 aromatic carbocycles. The molecule has 0 aromatic rings. The Morgan fingerprint density at radius 2 is 1.69 bits per heavy atom. The third-order valence-electron chi connectivity index (χ3n) is 5.71. The Balaban J connectivity index is 1.96. The van der Waals surface area contributed by atoms with Crippen LogP contribution >= 0.6 is 0 Å². The number of aliphatic imine (C=N–C) groups is 1. The second kappa shape index (κ2) is 11.3. The highest BCUT2D eigenvalue weighted by Gasteiger charge is 2.42. The predicted octanol–water partition coefficient (Wildman–Crippen LogP) is -0.409. The van der Waals surface area contributed by atoms with E-state index in [1.54, 1.807) is 19.0 Å². The summed E-state index contributed by atoms with van der Waals surface area (Å²) in [7, 11) is 7.07. The van der Waals surface area contributed by atoms with E-state index in [-0.39, 0.29) is 23.8 Å². The molecule has 1 saturated heterocycles. The van der Waals surface area contributed by atoms with Gasteiger partial charge in [-0.2, -0.15) is 0 Å². The van der Waals surface area contributed by atoms with Crippen LogP contribution in [0.2, 0.25) is 0 Å². The van der Waals surface area contributed by atoms with Crippen LogP contribution in [0.5, 0.6) is 0 Å². The third-order valence-corrected chi connectivity index (χ3v) is 5.71. The highest BCUT2D eigenvalue weighted by Crippen LogP contribution is 2.38. The van der Waals surface area contributed by atoms with Gasteiger partial charge in [0.25, 0.3) is 0 Å². The number of carbonyl (C=O) groups excluding carboxylic acids is 2. The summed E-state index contributed by atoms with van der Waals surface area (Å²) in [5.41, 5.74) is -0.387. The second-order valence-electron chi connectivity index (χ2n) is 8.37. The molecule has 9 heteroatoms. The fraction of sp³-hybridized carbons (Fsp3) is 0.850. The average Bonchev–Trinajstić information content (AvgIpc) is 3.19. The molecule has 166 valence electrons. The van der Waals surface area contributed by atoms with E-state index >= 15 is 0 Å². The van der Waals surface area contributed by atoms with E-state index < -0.39 is 0 Å². The van der Waals surface area contributed by atoms with Gasteiger partial charge >= 0.3 is 0 Å². The number of amides is 2. The summed E-state index contributed by atoms with van der Waals surface area (Å²) in [5.74, 6) is 0.699. The molecule has 0 aromatic heterocycles. The molecule has 2 N–H and O–H groups in total. The van der Waals surface area contributed by atoms with Crippen LogP contribution in [0.15, 0.2) is 4.99 Å². The molecule has 0 spiro atoms. The smallest absolute Gasteiger partial charge is 0.243 e. The molecule has 1 aliphatic heterocycles. The summed E-state index contributed by atoms with van der Waals surface area (Å²) in [5, 5.41) is 6.68. The zero-order valence-electron chi connectivity index (χ0n) is 18.5. The molecule has 1 aliphatic carbocycles. The van der Waals surface area contributed by atoms with Crippen molar-refractivity contribution >= 4 is 17.8 Å². The zero-order valence-corrected chi connectivity index (χ0v) is 18.5. The molecule has 2 amide bonds. The van der Waals surface area contributed by atoms with Crippen LogP contribution in [0.4, 0.5) is 0 Å². The standard InChI is InChI=1S/C20H38N6O3/c1-24(2)17(27)15-22-19(21-9-10-26-11-13-29-14-12-26)23-16-20(7-5-6-8-20)18(28)25(3)4/h5-16H2,1-4H3,(H2,21,22,23). The van der Waals surface area contributed by atoms with Gasteiger partial charge in [0.15, 0.2) is 5.96 Å². The molecule has 0 unspecified atom stereocenters. The summed E-state index contributed by atoms with van der Waals surface area (Å²) in [6.45, 7) is 5.61. The molecule has 2 aliphatic rings. The second-order valence-corrected chi connectivity index (χ2v) is 8.37. The van der Waals surface area contributed by atoms with Crippen molar-refractivity contribution in [2.75, 3.05) is 80.7 Å². The molecule has 2 fully saturated rings. The first-order valence-corrected chi connectivity index (χ1v) is 10.6. The number of ether oxygens (including phenoxy) is 1. The van der Waals surface area contributed by atoms with Crippen LogP contribution in [-0.2, 0) is 14.3 Å². The highest BCUT2D eigenvalue weighted by atomic mass is 16.5. The average molecular weight is 411 g/mol. The Hall–Kier alpha value is -1.87. The number of nitrogens with one attached hydrogen (secondary N) is 2. The number of morpholine rings is 1. The van der Waals surface area contributed by atoms with Crippen molar-refractivity contribution in [1.29, 1.82) is 0 Å². The SMILES string of the molecule is CN(C)C(=O)CN=C(NCCN1CCOCC1)NCC1(C(=O)N(C)C)CCCC1. The molecular weight excluding hydrogens is 372 g/mol. The lowest BCUT2D eigenvalue weighted by atomic mass is 9.84. The number of hydrogen-bond acceptors (Lipinski definition) is 5. The lowest BCUT2D eigenvalue weighted by molar-refractivity contribution is -0.138. The Bertz CT molecular complexity index is 567. The molecule has 0 radical (unpaired) electrons. The summed E-state index contributed by atoms with van der Waals surface area (Å²) < 4.78 is 5.39. The van der Waals surface area contributed by atoms with Gasteiger partial charge in [0.1, 0.15) is 6.54 Å². The first-order valence-electron chi connectivity index (χ1n) is 10.6. The van der Waals surface area contributed by atoms with E-state index in [4.69, 9.17) is 4.74 Å². The van der Waals surface area contributed by atoms with Crippen LogP contribution in [-0.4, -0.2) is 113 Å². The largest absolute Gasteiger partial charge is 0.379 e. The Morgan fingerprint density at radius 3 is 2.28 bits per heavy atom. The first-order chi connectivity index (χ1) is 13.8. The molecule has 1 heterocycles. The fourth-order valence-corrected chi connectivity index (χ4v) is 3.86. The number of rotatable bonds is 8. The monoisotopic (exact) mass is 410 g/mol. The minimum atomic E-state index is -0.387. The number of nitrogens with zero attached hydrogens (tertiary/aromatic N) is 4. The van der Waals surface area contributed by atoms with E-state index in [2.05, 4.69) is 20.5 Å². The van der Waals surface area contributed by atoms with Crippen LogP contribution in [0.3, 0.4) is 0 Å². The molecule has 0 atom stereocenters. The van der Waals surface area contributed by atoms with Gasteiger partial charge in [-0.3, -0.25) is 14.5 Å². The van der Waals surface area contributed by atoms with Gasteiger partial charge in [-0.25, -0.2) is 4.99 Å². The van der Waals surface area contributed by atoms with Crippen molar-refractivity contribution < 1.29 is 14.3 Å². The van der Waals surface area contributed by atoms with E-state index in [1.807, 2.05) is 14.1 Å². The van der Waals surface area contributed by atoms with Crippen molar-refractivity contribution in [2.45, 2.75) is 25.7 Å². The van der Waals surface area contributed by atoms with Crippen LogP contribution in [0.1, 0.15) is 25.7 Å². The summed E-state index contributed by atoms with van der Waals surface area (Å²) in [6.07, 6.45) is 3.90. The number of hydrogen-bond donors (Lipinski definition) is 2. The number of carbonyl (C=O) groups is 2. The van der Waals surface area contributed by atoms with Gasteiger partial charge in [0.05, 0.1) is 18.6 Å². The maximum atomic E-state index is 12.8. The normalized spacial score (nSPS) is 19.7. The van der Waals surface area contributed by atoms with Crippen LogP contribution in [0.25, 0.3) is 0 Å². The van der Waals surface area contributed by atoms with Gasteiger partial charge in [-0.15, -0.1) is 0 Å². The third kappa shape index (κ3) is 7.15. The van der Waals surface area contributed by atoms with Crippen LogP contribution < -0.4 is 10.6 Å². The van der Waals surface area contributed by atoms with Crippen molar-refractivity contribution in [3.05, 3.63) is 0 Å². The van der Waals surface area contributed by atoms with Crippen molar-refractivity contribution in [3.8, 4) is 0 Å². The van der Waals surface area contributed by atoms with E-state index in [0.29, 0.717) is 12.5 Å². The van der Waals surface area contributed by atoms with Gasteiger partial charge in [-0.1, -0.05) is 12.8 Å². The van der Waals surface area contributed by atoms with Gasteiger partial charge < -0.3 is 25.2 Å². The Kier molecular flexibility index (Phi) is 9.16. The lowest BCUT2D eigenvalue weighted by Crippen LogP contribution is -2.50. The Labute approximate surface area is 174 Å².